The van der Waals surface area contributed by atoms with E-state index in [4.69, 9.17) is 9.47 Å². The van der Waals surface area contributed by atoms with Crippen LogP contribution in [0.3, 0.4) is 0 Å². The molecule has 0 radical (unpaired) electrons. The third kappa shape index (κ3) is 4.18. The SMILES string of the molecule is COc1ccc(OC)c(C(c2c(C)n(C)n(-c3ccccc3)c2=O)c2c(C)n(C)n(-c3ccccc3)c2=O)c1. The molecule has 0 spiro atoms. The molecule has 2 heterocycles. The number of aromatic nitrogens is 4. The van der Waals surface area contributed by atoms with Crippen LogP contribution in [0.1, 0.15) is 34.0 Å². The highest BCUT2D eigenvalue weighted by Crippen LogP contribution is 2.39. The average molecular weight is 525 g/mol. The Morgan fingerprint density at radius 1 is 0.641 bits per heavy atom. The molecular formula is C31H32N4O4. The lowest BCUT2D eigenvalue weighted by atomic mass is 9.84. The summed E-state index contributed by atoms with van der Waals surface area (Å²) >= 11 is 0. The minimum absolute atomic E-state index is 0.204. The Hall–Kier alpha value is -4.72. The van der Waals surface area contributed by atoms with Gasteiger partial charge in [-0.25, -0.2) is 9.36 Å². The van der Waals surface area contributed by atoms with E-state index in [1.807, 2.05) is 110 Å². The van der Waals surface area contributed by atoms with Gasteiger partial charge >= 0.3 is 0 Å². The van der Waals surface area contributed by atoms with E-state index in [0.717, 1.165) is 22.8 Å². The minimum Gasteiger partial charge on any atom is -0.497 e. The molecule has 8 heteroatoms. The normalized spacial score (nSPS) is 11.3. The van der Waals surface area contributed by atoms with Gasteiger partial charge in [0.2, 0.25) is 0 Å². The predicted octanol–water partition coefficient (Wildman–Crippen LogP) is 4.48. The van der Waals surface area contributed by atoms with Crippen molar-refractivity contribution in [1.82, 2.24) is 18.7 Å². The van der Waals surface area contributed by atoms with Gasteiger partial charge in [-0.1, -0.05) is 36.4 Å². The summed E-state index contributed by atoms with van der Waals surface area (Å²) in [6.07, 6.45) is 0. The van der Waals surface area contributed by atoms with E-state index in [0.29, 0.717) is 28.2 Å². The van der Waals surface area contributed by atoms with Gasteiger partial charge in [0.25, 0.3) is 11.1 Å². The first-order chi connectivity index (χ1) is 18.8. The van der Waals surface area contributed by atoms with Crippen LogP contribution in [0.4, 0.5) is 0 Å². The second kappa shape index (κ2) is 10.2. The standard InChI is InChI=1S/C31H32N4O4/c1-20-27(30(36)34(32(20)3)22-13-9-7-10-14-22)29(25-19-24(38-5)17-18-26(25)39-6)28-21(2)33(4)35(31(28)37)23-15-11-8-12-16-23/h7-19,29H,1-6H3. The molecule has 0 amide bonds. The van der Waals surface area contributed by atoms with Gasteiger partial charge in [-0.15, -0.1) is 0 Å². The highest BCUT2D eigenvalue weighted by atomic mass is 16.5. The summed E-state index contributed by atoms with van der Waals surface area (Å²) in [6, 6.07) is 24.4. The summed E-state index contributed by atoms with van der Waals surface area (Å²) in [5.41, 5.74) is 4.23. The van der Waals surface area contributed by atoms with Crippen molar-refractivity contribution in [1.29, 1.82) is 0 Å². The van der Waals surface area contributed by atoms with E-state index in [9.17, 15) is 9.59 Å². The van der Waals surface area contributed by atoms with Crippen LogP contribution in [0.5, 0.6) is 11.5 Å². The summed E-state index contributed by atoms with van der Waals surface area (Å²) < 4.78 is 18.3. The second-order valence-corrected chi connectivity index (χ2v) is 9.49. The molecule has 8 nitrogen and oxygen atoms in total. The molecule has 0 aliphatic carbocycles. The zero-order valence-corrected chi connectivity index (χ0v) is 23.0. The molecule has 0 N–H and O–H groups in total. The van der Waals surface area contributed by atoms with Crippen molar-refractivity contribution in [2.24, 2.45) is 14.1 Å². The summed E-state index contributed by atoms with van der Waals surface area (Å²) in [4.78, 5) is 28.6. The van der Waals surface area contributed by atoms with Crippen molar-refractivity contribution in [2.45, 2.75) is 19.8 Å². The maximum Gasteiger partial charge on any atom is 0.275 e. The van der Waals surface area contributed by atoms with E-state index < -0.39 is 5.92 Å². The summed E-state index contributed by atoms with van der Waals surface area (Å²) in [7, 11) is 6.88. The molecule has 0 saturated carbocycles. The first-order valence-corrected chi connectivity index (χ1v) is 12.7. The van der Waals surface area contributed by atoms with Crippen molar-refractivity contribution in [2.75, 3.05) is 14.2 Å². The first-order valence-electron chi connectivity index (χ1n) is 12.7. The second-order valence-electron chi connectivity index (χ2n) is 9.49. The Bertz CT molecular complexity index is 1650. The maximum atomic E-state index is 14.3. The number of hydrogen-bond acceptors (Lipinski definition) is 4. The van der Waals surface area contributed by atoms with Crippen LogP contribution in [0.15, 0.2) is 88.5 Å². The van der Waals surface area contributed by atoms with Crippen LogP contribution < -0.4 is 20.6 Å². The fraction of sp³-hybridized carbons (Fsp3) is 0.226. The average Bonchev–Trinajstić information content (AvgIpc) is 3.32. The van der Waals surface area contributed by atoms with E-state index in [-0.39, 0.29) is 11.1 Å². The van der Waals surface area contributed by atoms with Crippen molar-refractivity contribution in [3.8, 4) is 22.9 Å². The fourth-order valence-corrected chi connectivity index (χ4v) is 5.36. The summed E-state index contributed by atoms with van der Waals surface area (Å²) in [5, 5.41) is 0. The molecule has 0 aliphatic heterocycles. The van der Waals surface area contributed by atoms with Crippen molar-refractivity contribution in [3.05, 3.63) is 128 Å². The van der Waals surface area contributed by atoms with Gasteiger partial charge < -0.3 is 9.47 Å². The van der Waals surface area contributed by atoms with Gasteiger partial charge in [-0.2, -0.15) is 0 Å². The molecule has 3 aromatic carbocycles. The van der Waals surface area contributed by atoms with Gasteiger partial charge in [0, 0.05) is 31.0 Å². The molecule has 5 aromatic rings. The third-order valence-electron chi connectivity index (χ3n) is 7.52. The molecule has 0 fully saturated rings. The van der Waals surface area contributed by atoms with Gasteiger partial charge in [-0.05, 0) is 56.3 Å². The van der Waals surface area contributed by atoms with Crippen molar-refractivity contribution < 1.29 is 9.47 Å². The fourth-order valence-electron chi connectivity index (χ4n) is 5.36. The lowest BCUT2D eigenvalue weighted by Gasteiger charge is -2.20. The molecule has 0 saturated heterocycles. The number of benzene rings is 3. The van der Waals surface area contributed by atoms with Gasteiger partial charge in [-0.3, -0.25) is 19.0 Å². The smallest absolute Gasteiger partial charge is 0.275 e. The highest BCUT2D eigenvalue weighted by molar-refractivity contribution is 5.54. The van der Waals surface area contributed by atoms with Gasteiger partial charge in [0.1, 0.15) is 11.5 Å². The molecule has 2 aromatic heterocycles. The predicted molar refractivity (Wildman–Crippen MR) is 152 cm³/mol. The Morgan fingerprint density at radius 2 is 1.10 bits per heavy atom. The Labute approximate surface area is 226 Å². The molecule has 200 valence electrons. The number of rotatable bonds is 7. The van der Waals surface area contributed by atoms with Crippen LogP contribution in [0, 0.1) is 13.8 Å². The molecular weight excluding hydrogens is 492 g/mol. The molecule has 0 unspecified atom stereocenters. The van der Waals surface area contributed by atoms with Crippen molar-refractivity contribution in [3.63, 3.8) is 0 Å². The van der Waals surface area contributed by atoms with Gasteiger partial charge in [0.05, 0.1) is 42.6 Å². The monoisotopic (exact) mass is 524 g/mol. The number of para-hydroxylation sites is 2. The molecule has 0 bridgehead atoms. The van der Waals surface area contributed by atoms with E-state index >= 15 is 0 Å². The zero-order chi connectivity index (χ0) is 27.8. The number of ether oxygens (including phenoxy) is 2. The highest BCUT2D eigenvalue weighted by Gasteiger charge is 2.34. The topological polar surface area (TPSA) is 72.3 Å². The lowest BCUT2D eigenvalue weighted by molar-refractivity contribution is 0.398. The maximum absolute atomic E-state index is 14.3. The van der Waals surface area contributed by atoms with Crippen LogP contribution in [-0.2, 0) is 14.1 Å². The lowest BCUT2D eigenvalue weighted by Crippen LogP contribution is -2.26. The van der Waals surface area contributed by atoms with Crippen LogP contribution in [0.2, 0.25) is 0 Å². The molecule has 0 atom stereocenters. The van der Waals surface area contributed by atoms with Gasteiger partial charge in [0.15, 0.2) is 0 Å². The Balaban J connectivity index is 1.89. The van der Waals surface area contributed by atoms with Crippen LogP contribution >= 0.6 is 0 Å². The van der Waals surface area contributed by atoms with E-state index in [1.165, 1.54) is 0 Å². The number of nitrogens with zero attached hydrogens (tertiary/aromatic N) is 4. The molecule has 39 heavy (non-hydrogen) atoms. The van der Waals surface area contributed by atoms with Crippen LogP contribution in [0.25, 0.3) is 11.4 Å². The quantitative estimate of drug-likeness (QED) is 0.315. The zero-order valence-electron chi connectivity index (χ0n) is 23.0. The minimum atomic E-state index is -0.720. The number of methoxy groups -OCH3 is 2. The third-order valence-corrected chi connectivity index (χ3v) is 7.52. The molecule has 5 rings (SSSR count). The Morgan fingerprint density at radius 3 is 1.51 bits per heavy atom. The van der Waals surface area contributed by atoms with E-state index in [1.54, 1.807) is 29.6 Å². The van der Waals surface area contributed by atoms with Crippen LogP contribution in [-0.4, -0.2) is 32.9 Å². The van der Waals surface area contributed by atoms with E-state index in [2.05, 4.69) is 0 Å². The first kappa shape index (κ1) is 25.9. The van der Waals surface area contributed by atoms with Crippen molar-refractivity contribution >= 4 is 0 Å². The summed E-state index contributed by atoms with van der Waals surface area (Å²) in [5.74, 6) is 0.441. The largest absolute Gasteiger partial charge is 0.497 e. The Kier molecular flexibility index (Phi) is 6.78. The number of hydrogen-bond donors (Lipinski definition) is 0. The molecule has 0 aliphatic rings. The summed E-state index contributed by atoms with van der Waals surface area (Å²) in [6.45, 7) is 3.81.